The summed E-state index contributed by atoms with van der Waals surface area (Å²) in [6.45, 7) is 2.50. The Balaban J connectivity index is 2.10. The van der Waals surface area contributed by atoms with Crippen molar-refractivity contribution in [1.82, 2.24) is 4.98 Å². The van der Waals surface area contributed by atoms with Gasteiger partial charge in [0.15, 0.2) is 0 Å². The van der Waals surface area contributed by atoms with Gasteiger partial charge in [-0.1, -0.05) is 0 Å². The van der Waals surface area contributed by atoms with Crippen LogP contribution < -0.4 is 14.6 Å². The number of benzene rings is 1. The number of nitrogens with two attached hydrogens (primary N) is 1. The number of ether oxygens (including phenoxy) is 2. The summed E-state index contributed by atoms with van der Waals surface area (Å²) in [6.07, 6.45) is 1.15. The molecule has 1 heterocycles. The largest absolute Gasteiger partial charge is 0.494 e. The molecule has 0 saturated carbocycles. The molecule has 2 rings (SSSR count). The highest BCUT2D eigenvalue weighted by molar-refractivity contribution is 7.89. The molecule has 20 heavy (non-hydrogen) atoms. The highest BCUT2D eigenvalue weighted by atomic mass is 32.2. The van der Waals surface area contributed by atoms with Gasteiger partial charge in [-0.25, -0.2) is 18.5 Å². The molecule has 2 N–H and O–H groups in total. The Kier molecular flexibility index (Phi) is 4.21. The predicted octanol–water partition coefficient (Wildman–Crippen LogP) is 1.92. The van der Waals surface area contributed by atoms with Gasteiger partial charge in [0.2, 0.25) is 15.9 Å². The van der Waals surface area contributed by atoms with Crippen molar-refractivity contribution >= 4 is 10.0 Å². The van der Waals surface area contributed by atoms with Crippen LogP contribution in [0.25, 0.3) is 0 Å². The lowest BCUT2D eigenvalue weighted by atomic mass is 10.3. The van der Waals surface area contributed by atoms with Crippen LogP contribution in [0.3, 0.4) is 0 Å². The van der Waals surface area contributed by atoms with Crippen molar-refractivity contribution in [2.24, 2.45) is 5.14 Å². The maximum atomic E-state index is 11.1. The smallest absolute Gasteiger partial charge is 0.239 e. The van der Waals surface area contributed by atoms with Crippen LogP contribution in [-0.2, 0) is 10.0 Å². The molecule has 2 aromatic rings. The molecular formula is C13H14N2O4S. The molecule has 0 unspecified atom stereocenters. The van der Waals surface area contributed by atoms with Crippen LogP contribution >= 0.6 is 0 Å². The van der Waals surface area contributed by atoms with E-state index in [-0.39, 0.29) is 10.8 Å². The Labute approximate surface area is 117 Å². The molecule has 7 heteroatoms. The monoisotopic (exact) mass is 294 g/mol. The van der Waals surface area contributed by atoms with Gasteiger partial charge in [-0.15, -0.1) is 0 Å². The Bertz CT molecular complexity index is 667. The quantitative estimate of drug-likeness (QED) is 0.909. The lowest BCUT2D eigenvalue weighted by Crippen LogP contribution is -2.12. The Morgan fingerprint density at radius 2 is 1.75 bits per heavy atom. The zero-order chi connectivity index (χ0) is 14.6. The van der Waals surface area contributed by atoms with Gasteiger partial charge in [0.05, 0.1) is 12.8 Å². The molecule has 6 nitrogen and oxygen atoms in total. The van der Waals surface area contributed by atoms with Crippen LogP contribution in [0.4, 0.5) is 0 Å². The normalized spacial score (nSPS) is 11.1. The maximum Gasteiger partial charge on any atom is 0.239 e. The first-order valence-corrected chi connectivity index (χ1v) is 7.43. The van der Waals surface area contributed by atoms with E-state index in [0.717, 1.165) is 11.9 Å². The SMILES string of the molecule is CCOc1ccc(Oc2ccc(S(N)(=O)=O)cn2)cc1. The van der Waals surface area contributed by atoms with Crippen molar-refractivity contribution in [3.8, 4) is 17.4 Å². The minimum absolute atomic E-state index is 0.0588. The van der Waals surface area contributed by atoms with Crippen LogP contribution in [0.5, 0.6) is 17.4 Å². The van der Waals surface area contributed by atoms with Gasteiger partial charge in [-0.3, -0.25) is 0 Å². The third-order valence-electron chi connectivity index (χ3n) is 2.39. The third-order valence-corrected chi connectivity index (χ3v) is 3.29. The topological polar surface area (TPSA) is 91.5 Å². The van der Waals surface area contributed by atoms with Crippen molar-refractivity contribution in [2.75, 3.05) is 6.61 Å². The lowest BCUT2D eigenvalue weighted by molar-refractivity contribution is 0.339. The van der Waals surface area contributed by atoms with E-state index >= 15 is 0 Å². The number of nitrogens with zero attached hydrogens (tertiary/aromatic N) is 1. The fourth-order valence-electron chi connectivity index (χ4n) is 1.49. The summed E-state index contributed by atoms with van der Waals surface area (Å²) < 4.78 is 33.0. The van der Waals surface area contributed by atoms with E-state index in [0.29, 0.717) is 12.4 Å². The van der Waals surface area contributed by atoms with E-state index in [1.165, 1.54) is 12.1 Å². The number of hydrogen-bond donors (Lipinski definition) is 1. The van der Waals surface area contributed by atoms with Crippen molar-refractivity contribution in [3.05, 3.63) is 42.6 Å². The lowest BCUT2D eigenvalue weighted by Gasteiger charge is -2.07. The van der Waals surface area contributed by atoms with Crippen molar-refractivity contribution in [3.63, 3.8) is 0 Å². The number of pyridine rings is 1. The second-order valence-corrected chi connectivity index (χ2v) is 5.45. The molecule has 0 amide bonds. The molecular weight excluding hydrogens is 280 g/mol. The standard InChI is InChI=1S/C13H14N2O4S/c1-2-18-10-3-5-11(6-4-10)19-13-8-7-12(9-15-13)20(14,16)17/h3-9H,2H2,1H3,(H2,14,16,17). The van der Waals surface area contributed by atoms with Crippen molar-refractivity contribution < 1.29 is 17.9 Å². The average molecular weight is 294 g/mol. The molecule has 0 fully saturated rings. The van der Waals surface area contributed by atoms with E-state index in [2.05, 4.69) is 4.98 Å². The van der Waals surface area contributed by atoms with Gasteiger partial charge in [0.1, 0.15) is 16.4 Å². The van der Waals surface area contributed by atoms with Crippen molar-refractivity contribution in [2.45, 2.75) is 11.8 Å². The van der Waals surface area contributed by atoms with Gasteiger partial charge < -0.3 is 9.47 Å². The maximum absolute atomic E-state index is 11.1. The number of aromatic nitrogens is 1. The zero-order valence-corrected chi connectivity index (χ0v) is 11.6. The Morgan fingerprint density at radius 1 is 1.10 bits per heavy atom. The molecule has 106 valence electrons. The predicted molar refractivity (Wildman–Crippen MR) is 73.3 cm³/mol. The molecule has 0 radical (unpaired) electrons. The van der Waals surface area contributed by atoms with Crippen LogP contribution in [0.2, 0.25) is 0 Å². The molecule has 0 aliphatic rings. The molecule has 0 bridgehead atoms. The number of rotatable bonds is 5. The molecule has 0 aliphatic carbocycles. The van der Waals surface area contributed by atoms with E-state index in [9.17, 15) is 8.42 Å². The molecule has 0 spiro atoms. The van der Waals surface area contributed by atoms with Crippen LogP contribution in [0.1, 0.15) is 6.92 Å². The van der Waals surface area contributed by atoms with Crippen LogP contribution in [-0.4, -0.2) is 20.0 Å². The minimum Gasteiger partial charge on any atom is -0.494 e. The molecule has 1 aromatic carbocycles. The van der Waals surface area contributed by atoms with Crippen LogP contribution in [0.15, 0.2) is 47.5 Å². The molecule has 0 aliphatic heterocycles. The third kappa shape index (κ3) is 3.69. The second kappa shape index (κ2) is 5.89. The Hall–Kier alpha value is -2.12. The second-order valence-electron chi connectivity index (χ2n) is 3.88. The summed E-state index contributed by atoms with van der Waals surface area (Å²) in [6, 6.07) is 9.80. The van der Waals surface area contributed by atoms with Gasteiger partial charge in [-0.05, 0) is 37.3 Å². The first kappa shape index (κ1) is 14.3. The summed E-state index contributed by atoms with van der Waals surface area (Å²) >= 11 is 0. The molecule has 0 atom stereocenters. The fraction of sp³-hybridized carbons (Fsp3) is 0.154. The highest BCUT2D eigenvalue weighted by Gasteiger charge is 2.08. The van der Waals surface area contributed by atoms with Gasteiger partial charge in [0.25, 0.3) is 0 Å². The summed E-state index contributed by atoms with van der Waals surface area (Å²) in [5.41, 5.74) is 0. The van der Waals surface area contributed by atoms with Gasteiger partial charge in [-0.2, -0.15) is 0 Å². The summed E-state index contributed by atoms with van der Waals surface area (Å²) in [4.78, 5) is 3.83. The molecule has 1 aromatic heterocycles. The van der Waals surface area contributed by atoms with Gasteiger partial charge >= 0.3 is 0 Å². The number of primary sulfonamides is 1. The van der Waals surface area contributed by atoms with Crippen LogP contribution in [0, 0.1) is 0 Å². The zero-order valence-electron chi connectivity index (χ0n) is 10.8. The summed E-state index contributed by atoms with van der Waals surface area (Å²) in [5, 5.41) is 4.98. The minimum atomic E-state index is -3.74. The van der Waals surface area contributed by atoms with E-state index in [4.69, 9.17) is 14.6 Å². The highest BCUT2D eigenvalue weighted by Crippen LogP contribution is 2.22. The van der Waals surface area contributed by atoms with Crippen molar-refractivity contribution in [1.29, 1.82) is 0 Å². The number of hydrogen-bond acceptors (Lipinski definition) is 5. The number of sulfonamides is 1. The first-order valence-electron chi connectivity index (χ1n) is 5.88. The first-order chi connectivity index (χ1) is 9.49. The Morgan fingerprint density at radius 3 is 2.25 bits per heavy atom. The van der Waals surface area contributed by atoms with E-state index < -0.39 is 10.0 Å². The molecule has 0 saturated heterocycles. The van der Waals surface area contributed by atoms with E-state index in [1.54, 1.807) is 24.3 Å². The van der Waals surface area contributed by atoms with E-state index in [1.807, 2.05) is 6.92 Å². The summed E-state index contributed by atoms with van der Waals surface area (Å²) in [5.74, 6) is 1.60. The average Bonchev–Trinajstić information content (AvgIpc) is 2.41. The van der Waals surface area contributed by atoms with Gasteiger partial charge in [0, 0.05) is 6.07 Å². The summed E-state index contributed by atoms with van der Waals surface area (Å²) in [7, 11) is -3.74. The fourth-order valence-corrected chi connectivity index (χ4v) is 1.94.